The van der Waals surface area contributed by atoms with Crippen LogP contribution in [0.2, 0.25) is 0 Å². The van der Waals surface area contributed by atoms with Crippen molar-refractivity contribution in [3.05, 3.63) is 59.9 Å². The second-order valence-electron chi connectivity index (χ2n) is 8.00. The van der Waals surface area contributed by atoms with Crippen LogP contribution in [0.1, 0.15) is 36.7 Å². The van der Waals surface area contributed by atoms with Gasteiger partial charge in [-0.1, -0.05) is 17.4 Å². The number of thiazole rings is 1. The zero-order valence-electron chi connectivity index (χ0n) is 22.1. The summed E-state index contributed by atoms with van der Waals surface area (Å²) in [5.41, 5.74) is 1.84. The summed E-state index contributed by atoms with van der Waals surface area (Å²) in [5.74, 6) is 2.32. The SMILES string of the molecule is CCOc1cc(C(=O)N(Cc2cccnc2)c2nc3c(OC)ccc(OC)c3s2)cc(OCC)c1OCC. The molecule has 2 aromatic heterocycles. The van der Waals surface area contributed by atoms with E-state index in [2.05, 4.69) is 4.98 Å². The van der Waals surface area contributed by atoms with Crippen molar-refractivity contribution in [2.45, 2.75) is 27.3 Å². The monoisotopic (exact) mass is 537 g/mol. The van der Waals surface area contributed by atoms with Crippen LogP contribution in [-0.4, -0.2) is 49.9 Å². The summed E-state index contributed by atoms with van der Waals surface area (Å²) in [5, 5.41) is 0.487. The third kappa shape index (κ3) is 5.60. The zero-order valence-corrected chi connectivity index (χ0v) is 23.0. The van der Waals surface area contributed by atoms with Gasteiger partial charge in [0.2, 0.25) is 5.75 Å². The molecule has 0 aliphatic carbocycles. The Hall–Kier alpha value is -4.05. The van der Waals surface area contributed by atoms with Gasteiger partial charge in [-0.25, -0.2) is 4.98 Å². The molecule has 38 heavy (non-hydrogen) atoms. The van der Waals surface area contributed by atoms with Gasteiger partial charge in [-0.3, -0.25) is 14.7 Å². The fourth-order valence-corrected chi connectivity index (χ4v) is 5.03. The molecule has 0 radical (unpaired) electrons. The third-order valence-corrected chi connectivity index (χ3v) is 6.69. The first-order valence-electron chi connectivity index (χ1n) is 12.3. The van der Waals surface area contributed by atoms with Crippen molar-refractivity contribution >= 4 is 32.6 Å². The molecule has 0 saturated carbocycles. The highest BCUT2D eigenvalue weighted by Crippen LogP contribution is 2.42. The average Bonchev–Trinajstić information content (AvgIpc) is 3.38. The van der Waals surface area contributed by atoms with Gasteiger partial charge in [-0.2, -0.15) is 0 Å². The van der Waals surface area contributed by atoms with Crippen LogP contribution in [0.4, 0.5) is 5.13 Å². The smallest absolute Gasteiger partial charge is 0.260 e. The van der Waals surface area contributed by atoms with Gasteiger partial charge in [0.25, 0.3) is 5.91 Å². The molecular weight excluding hydrogens is 506 g/mol. The molecule has 0 saturated heterocycles. The second kappa shape index (κ2) is 12.5. The van der Waals surface area contributed by atoms with Crippen molar-refractivity contribution in [1.29, 1.82) is 0 Å². The number of carbonyl (C=O) groups excluding carboxylic acids is 1. The Morgan fingerprint density at radius 3 is 2.13 bits per heavy atom. The molecule has 1 amide bonds. The highest BCUT2D eigenvalue weighted by molar-refractivity contribution is 7.22. The van der Waals surface area contributed by atoms with Gasteiger partial charge in [0.15, 0.2) is 16.6 Å². The summed E-state index contributed by atoms with van der Waals surface area (Å²) in [6.07, 6.45) is 3.42. The zero-order chi connectivity index (χ0) is 27.1. The van der Waals surface area contributed by atoms with Gasteiger partial charge < -0.3 is 23.7 Å². The lowest BCUT2D eigenvalue weighted by Crippen LogP contribution is -2.30. The Labute approximate surface area is 225 Å². The topological polar surface area (TPSA) is 92.2 Å². The summed E-state index contributed by atoms with van der Waals surface area (Å²) < 4.78 is 29.4. The van der Waals surface area contributed by atoms with Crippen molar-refractivity contribution in [2.75, 3.05) is 38.9 Å². The van der Waals surface area contributed by atoms with E-state index in [-0.39, 0.29) is 12.5 Å². The van der Waals surface area contributed by atoms with Gasteiger partial charge >= 0.3 is 0 Å². The van der Waals surface area contributed by atoms with Crippen molar-refractivity contribution in [2.24, 2.45) is 0 Å². The molecule has 0 atom stereocenters. The van der Waals surface area contributed by atoms with Crippen LogP contribution in [0, 0.1) is 0 Å². The van der Waals surface area contributed by atoms with E-state index in [1.165, 1.54) is 11.3 Å². The Morgan fingerprint density at radius 1 is 0.895 bits per heavy atom. The number of hydrogen-bond acceptors (Lipinski definition) is 9. The van der Waals surface area contributed by atoms with Crippen LogP contribution in [0.15, 0.2) is 48.8 Å². The van der Waals surface area contributed by atoms with Crippen LogP contribution in [-0.2, 0) is 6.54 Å². The number of anilines is 1. The van der Waals surface area contributed by atoms with E-state index in [0.717, 1.165) is 10.3 Å². The van der Waals surface area contributed by atoms with E-state index >= 15 is 0 Å². The largest absolute Gasteiger partial charge is 0.495 e. The summed E-state index contributed by atoms with van der Waals surface area (Å²) in [6.45, 7) is 7.12. The summed E-state index contributed by atoms with van der Waals surface area (Å²) in [4.78, 5) is 24.8. The Morgan fingerprint density at radius 2 is 1.55 bits per heavy atom. The highest BCUT2D eigenvalue weighted by Gasteiger charge is 2.27. The van der Waals surface area contributed by atoms with Crippen LogP contribution in [0.25, 0.3) is 10.2 Å². The molecule has 9 nitrogen and oxygen atoms in total. The number of rotatable bonds is 12. The lowest BCUT2D eigenvalue weighted by atomic mass is 10.1. The van der Waals surface area contributed by atoms with E-state index in [0.29, 0.717) is 64.8 Å². The Balaban J connectivity index is 1.86. The number of nitrogens with zero attached hydrogens (tertiary/aromatic N) is 3. The molecule has 0 fully saturated rings. The molecule has 0 unspecified atom stereocenters. The first-order chi connectivity index (χ1) is 18.5. The number of fused-ring (bicyclic) bond motifs is 1. The van der Waals surface area contributed by atoms with Crippen molar-refractivity contribution in [1.82, 2.24) is 9.97 Å². The molecular formula is C28H31N3O6S. The summed E-state index contributed by atoms with van der Waals surface area (Å²) in [7, 11) is 3.19. The van der Waals surface area contributed by atoms with Gasteiger partial charge in [-0.05, 0) is 56.7 Å². The minimum Gasteiger partial charge on any atom is -0.495 e. The maximum absolute atomic E-state index is 14.2. The number of methoxy groups -OCH3 is 2. The standard InChI is InChI=1S/C28H31N3O6S/c1-6-35-22-14-19(15-23(36-7-2)25(22)37-8-3)27(32)31(17-18-10-9-13-29-16-18)28-30-24-20(33-4)11-12-21(34-5)26(24)38-28/h9-16H,6-8,17H2,1-5H3. The lowest BCUT2D eigenvalue weighted by Gasteiger charge is -2.22. The predicted octanol–water partition coefficient (Wildman–Crippen LogP) is 5.75. The fourth-order valence-electron chi connectivity index (χ4n) is 3.96. The fraction of sp³-hybridized carbons (Fsp3) is 0.321. The van der Waals surface area contributed by atoms with E-state index in [4.69, 9.17) is 28.7 Å². The van der Waals surface area contributed by atoms with E-state index < -0.39 is 0 Å². The molecule has 10 heteroatoms. The first kappa shape index (κ1) is 27.0. The normalized spacial score (nSPS) is 10.8. The minimum absolute atomic E-state index is 0.248. The van der Waals surface area contributed by atoms with Crippen molar-refractivity contribution < 1.29 is 28.5 Å². The van der Waals surface area contributed by atoms with Gasteiger partial charge in [0, 0.05) is 18.0 Å². The number of amides is 1. The number of carbonyl (C=O) groups is 1. The quantitative estimate of drug-likeness (QED) is 0.226. The molecule has 2 aromatic carbocycles. The van der Waals surface area contributed by atoms with Crippen molar-refractivity contribution in [3.8, 4) is 28.7 Å². The van der Waals surface area contributed by atoms with Crippen LogP contribution < -0.4 is 28.6 Å². The van der Waals surface area contributed by atoms with Crippen LogP contribution in [0.5, 0.6) is 28.7 Å². The second-order valence-corrected chi connectivity index (χ2v) is 8.98. The summed E-state index contributed by atoms with van der Waals surface area (Å²) >= 11 is 1.35. The number of ether oxygens (including phenoxy) is 5. The molecule has 0 bridgehead atoms. The highest BCUT2D eigenvalue weighted by atomic mass is 32.1. The molecule has 0 N–H and O–H groups in total. The lowest BCUT2D eigenvalue weighted by molar-refractivity contribution is 0.0984. The molecule has 0 aliphatic heterocycles. The number of hydrogen-bond donors (Lipinski definition) is 0. The molecule has 4 aromatic rings. The van der Waals surface area contributed by atoms with Crippen LogP contribution in [0.3, 0.4) is 0 Å². The maximum Gasteiger partial charge on any atom is 0.260 e. The van der Waals surface area contributed by atoms with Gasteiger partial charge in [-0.15, -0.1) is 0 Å². The van der Waals surface area contributed by atoms with E-state index in [1.54, 1.807) is 49.7 Å². The number of benzene rings is 2. The van der Waals surface area contributed by atoms with E-state index in [1.807, 2.05) is 39.0 Å². The maximum atomic E-state index is 14.2. The summed E-state index contributed by atoms with van der Waals surface area (Å²) in [6, 6.07) is 10.7. The number of pyridine rings is 1. The molecule has 4 rings (SSSR count). The molecule has 0 spiro atoms. The Kier molecular flexibility index (Phi) is 8.85. The average molecular weight is 538 g/mol. The van der Waals surface area contributed by atoms with Crippen LogP contribution >= 0.6 is 11.3 Å². The minimum atomic E-state index is -0.282. The Bertz CT molecular complexity index is 1320. The third-order valence-electron chi connectivity index (χ3n) is 5.59. The number of aromatic nitrogens is 2. The molecule has 2 heterocycles. The molecule has 200 valence electrons. The molecule has 0 aliphatic rings. The first-order valence-corrected chi connectivity index (χ1v) is 13.1. The van der Waals surface area contributed by atoms with E-state index in [9.17, 15) is 4.79 Å². The predicted molar refractivity (Wildman–Crippen MR) is 147 cm³/mol. The van der Waals surface area contributed by atoms with Gasteiger partial charge in [0.1, 0.15) is 21.7 Å². The van der Waals surface area contributed by atoms with Gasteiger partial charge in [0.05, 0.1) is 40.6 Å². The van der Waals surface area contributed by atoms with Crippen molar-refractivity contribution in [3.63, 3.8) is 0 Å².